The molecule has 0 bridgehead atoms. The SMILES string of the molecule is CC1CCN(C(=O)C(C)OC(=O)c2ccc(CN3C(=O)CCC3=O)cc2)CC1. The van der Waals surface area contributed by atoms with Crippen molar-refractivity contribution >= 4 is 23.7 Å². The van der Waals surface area contributed by atoms with Crippen LogP contribution in [0.3, 0.4) is 0 Å². The molecule has 0 radical (unpaired) electrons. The second-order valence-corrected chi connectivity index (χ2v) is 7.63. The van der Waals surface area contributed by atoms with Gasteiger partial charge in [-0.2, -0.15) is 0 Å². The van der Waals surface area contributed by atoms with Crippen molar-refractivity contribution in [3.05, 3.63) is 35.4 Å². The molecule has 2 aliphatic rings. The summed E-state index contributed by atoms with van der Waals surface area (Å²) in [6, 6.07) is 6.55. The van der Waals surface area contributed by atoms with E-state index in [0.29, 0.717) is 24.6 Å². The van der Waals surface area contributed by atoms with Crippen LogP contribution in [-0.2, 0) is 25.7 Å². The first-order valence-corrected chi connectivity index (χ1v) is 9.77. The summed E-state index contributed by atoms with van der Waals surface area (Å²) in [6.07, 6.45) is 1.61. The number of hydrogen-bond acceptors (Lipinski definition) is 5. The number of nitrogens with zero attached hydrogens (tertiary/aromatic N) is 2. The number of benzene rings is 1. The lowest BCUT2D eigenvalue weighted by Crippen LogP contribution is -2.44. The molecule has 0 spiro atoms. The highest BCUT2D eigenvalue weighted by atomic mass is 16.5. The van der Waals surface area contributed by atoms with Crippen LogP contribution in [0.5, 0.6) is 0 Å². The molecule has 0 saturated carbocycles. The van der Waals surface area contributed by atoms with Crippen molar-refractivity contribution in [2.75, 3.05) is 13.1 Å². The number of carbonyl (C=O) groups is 4. The standard InChI is InChI=1S/C21H26N2O5/c1-14-9-11-22(12-10-14)20(26)15(2)28-21(27)17-5-3-16(4-6-17)13-23-18(24)7-8-19(23)25/h3-6,14-15H,7-13H2,1-2H3. The topological polar surface area (TPSA) is 84.0 Å². The third-order valence-electron chi connectivity index (χ3n) is 5.41. The largest absolute Gasteiger partial charge is 0.449 e. The Labute approximate surface area is 164 Å². The molecule has 1 aromatic rings. The van der Waals surface area contributed by atoms with Gasteiger partial charge < -0.3 is 9.64 Å². The summed E-state index contributed by atoms with van der Waals surface area (Å²) in [4.78, 5) is 51.2. The van der Waals surface area contributed by atoms with Gasteiger partial charge in [0.15, 0.2) is 6.10 Å². The van der Waals surface area contributed by atoms with Gasteiger partial charge in [-0.15, -0.1) is 0 Å². The van der Waals surface area contributed by atoms with E-state index < -0.39 is 12.1 Å². The molecule has 2 saturated heterocycles. The van der Waals surface area contributed by atoms with Crippen molar-refractivity contribution in [1.82, 2.24) is 9.80 Å². The van der Waals surface area contributed by atoms with Gasteiger partial charge in [0, 0.05) is 25.9 Å². The Morgan fingerprint density at radius 2 is 1.64 bits per heavy atom. The second kappa shape index (κ2) is 8.54. The molecule has 0 N–H and O–H groups in total. The molecule has 3 rings (SSSR count). The van der Waals surface area contributed by atoms with Gasteiger partial charge in [0.2, 0.25) is 11.8 Å². The minimum absolute atomic E-state index is 0.164. The van der Waals surface area contributed by atoms with E-state index in [-0.39, 0.29) is 37.1 Å². The van der Waals surface area contributed by atoms with Crippen molar-refractivity contribution in [2.45, 2.75) is 52.2 Å². The van der Waals surface area contributed by atoms with Crippen molar-refractivity contribution in [1.29, 1.82) is 0 Å². The first-order chi connectivity index (χ1) is 13.3. The molecule has 0 aliphatic carbocycles. The zero-order valence-electron chi connectivity index (χ0n) is 16.3. The number of esters is 1. The van der Waals surface area contributed by atoms with Crippen LogP contribution < -0.4 is 0 Å². The molecule has 2 aliphatic heterocycles. The summed E-state index contributed by atoms with van der Waals surface area (Å²) in [7, 11) is 0. The first kappa shape index (κ1) is 20.0. The average Bonchev–Trinajstić information content (AvgIpc) is 3.00. The summed E-state index contributed by atoms with van der Waals surface area (Å²) >= 11 is 0. The third kappa shape index (κ3) is 4.58. The molecular formula is C21H26N2O5. The highest BCUT2D eigenvalue weighted by molar-refractivity contribution is 6.01. The van der Waals surface area contributed by atoms with E-state index in [0.717, 1.165) is 18.4 Å². The van der Waals surface area contributed by atoms with E-state index in [1.165, 1.54) is 4.90 Å². The van der Waals surface area contributed by atoms with Crippen LogP contribution in [0.1, 0.15) is 55.5 Å². The fourth-order valence-electron chi connectivity index (χ4n) is 3.49. The predicted molar refractivity (Wildman–Crippen MR) is 101 cm³/mol. The van der Waals surface area contributed by atoms with Crippen molar-refractivity contribution in [2.24, 2.45) is 5.92 Å². The summed E-state index contributed by atoms with van der Waals surface area (Å²) in [6.45, 7) is 5.37. The van der Waals surface area contributed by atoms with Gasteiger partial charge in [-0.05, 0) is 43.4 Å². The fourth-order valence-corrected chi connectivity index (χ4v) is 3.49. The normalized spacial score (nSPS) is 19.1. The van der Waals surface area contributed by atoms with E-state index in [4.69, 9.17) is 4.74 Å². The molecule has 0 aromatic heterocycles. The van der Waals surface area contributed by atoms with Crippen molar-refractivity contribution in [3.8, 4) is 0 Å². The van der Waals surface area contributed by atoms with Crippen molar-refractivity contribution in [3.63, 3.8) is 0 Å². The van der Waals surface area contributed by atoms with E-state index in [1.807, 2.05) is 0 Å². The first-order valence-electron chi connectivity index (χ1n) is 9.77. The zero-order chi connectivity index (χ0) is 20.3. The Balaban J connectivity index is 1.54. The maximum absolute atomic E-state index is 12.5. The maximum atomic E-state index is 12.5. The van der Waals surface area contributed by atoms with E-state index in [1.54, 1.807) is 36.1 Å². The zero-order valence-corrected chi connectivity index (χ0v) is 16.3. The number of likely N-dealkylation sites (tertiary alicyclic amines) is 2. The minimum atomic E-state index is -0.833. The molecule has 1 aromatic carbocycles. The maximum Gasteiger partial charge on any atom is 0.338 e. The lowest BCUT2D eigenvalue weighted by atomic mass is 9.99. The predicted octanol–water partition coefficient (Wildman–Crippen LogP) is 2.14. The molecule has 2 fully saturated rings. The molecule has 1 unspecified atom stereocenters. The number of amides is 3. The average molecular weight is 386 g/mol. The fraction of sp³-hybridized carbons (Fsp3) is 0.524. The lowest BCUT2D eigenvalue weighted by Gasteiger charge is -2.31. The van der Waals surface area contributed by atoms with Crippen LogP contribution in [0.2, 0.25) is 0 Å². The number of piperidine rings is 1. The molecule has 1 atom stereocenters. The summed E-state index contributed by atoms with van der Waals surface area (Å²) in [5.74, 6) is -0.457. The van der Waals surface area contributed by atoms with E-state index >= 15 is 0 Å². The van der Waals surface area contributed by atoms with Crippen LogP contribution >= 0.6 is 0 Å². The molecule has 28 heavy (non-hydrogen) atoms. The number of hydrogen-bond donors (Lipinski definition) is 0. The number of carbonyl (C=O) groups excluding carboxylic acids is 4. The Bertz CT molecular complexity index is 750. The molecule has 7 heteroatoms. The van der Waals surface area contributed by atoms with Crippen LogP contribution in [0, 0.1) is 5.92 Å². The molecular weight excluding hydrogens is 360 g/mol. The lowest BCUT2D eigenvalue weighted by molar-refractivity contribution is -0.141. The molecule has 3 amide bonds. The third-order valence-corrected chi connectivity index (χ3v) is 5.41. The van der Waals surface area contributed by atoms with Crippen LogP contribution in [0.15, 0.2) is 24.3 Å². The molecule has 7 nitrogen and oxygen atoms in total. The quantitative estimate of drug-likeness (QED) is 0.572. The second-order valence-electron chi connectivity index (χ2n) is 7.63. The Kier molecular flexibility index (Phi) is 6.11. The summed E-state index contributed by atoms with van der Waals surface area (Å²) < 4.78 is 5.34. The summed E-state index contributed by atoms with van der Waals surface area (Å²) in [5.41, 5.74) is 1.08. The van der Waals surface area contributed by atoms with Crippen LogP contribution in [-0.4, -0.2) is 52.7 Å². The Hall–Kier alpha value is -2.70. The van der Waals surface area contributed by atoms with E-state index in [9.17, 15) is 19.2 Å². The van der Waals surface area contributed by atoms with Gasteiger partial charge in [0.1, 0.15) is 0 Å². The Morgan fingerprint density at radius 3 is 2.21 bits per heavy atom. The van der Waals surface area contributed by atoms with Gasteiger partial charge in [-0.25, -0.2) is 4.79 Å². The van der Waals surface area contributed by atoms with Gasteiger partial charge in [0.25, 0.3) is 5.91 Å². The molecule has 150 valence electrons. The highest BCUT2D eigenvalue weighted by Crippen LogP contribution is 2.19. The van der Waals surface area contributed by atoms with Crippen LogP contribution in [0.25, 0.3) is 0 Å². The number of ether oxygens (including phenoxy) is 1. The summed E-state index contributed by atoms with van der Waals surface area (Å²) in [5, 5.41) is 0. The van der Waals surface area contributed by atoms with Crippen molar-refractivity contribution < 1.29 is 23.9 Å². The van der Waals surface area contributed by atoms with Gasteiger partial charge in [-0.1, -0.05) is 19.1 Å². The minimum Gasteiger partial charge on any atom is -0.449 e. The van der Waals surface area contributed by atoms with Gasteiger partial charge >= 0.3 is 5.97 Å². The Morgan fingerprint density at radius 1 is 1.07 bits per heavy atom. The van der Waals surface area contributed by atoms with Crippen LogP contribution in [0.4, 0.5) is 0 Å². The number of rotatable bonds is 5. The van der Waals surface area contributed by atoms with Gasteiger partial charge in [0.05, 0.1) is 12.1 Å². The molecule has 2 heterocycles. The smallest absolute Gasteiger partial charge is 0.338 e. The number of imide groups is 1. The van der Waals surface area contributed by atoms with E-state index in [2.05, 4.69) is 6.92 Å². The monoisotopic (exact) mass is 386 g/mol. The highest BCUT2D eigenvalue weighted by Gasteiger charge is 2.29. The van der Waals surface area contributed by atoms with Gasteiger partial charge in [-0.3, -0.25) is 19.3 Å².